The quantitative estimate of drug-likeness (QED) is 0.685. The fourth-order valence-electron chi connectivity index (χ4n) is 3.12. The van der Waals surface area contributed by atoms with E-state index in [0.29, 0.717) is 40.1 Å². The molecule has 2 aromatic carbocycles. The van der Waals surface area contributed by atoms with Crippen LogP contribution in [0.3, 0.4) is 0 Å². The van der Waals surface area contributed by atoms with Crippen molar-refractivity contribution in [2.75, 3.05) is 6.61 Å². The number of nitrogens with two attached hydrogens (primary N) is 1. The van der Waals surface area contributed by atoms with Gasteiger partial charge in [-0.3, -0.25) is 14.2 Å². The second-order valence-corrected chi connectivity index (χ2v) is 6.21. The van der Waals surface area contributed by atoms with Crippen molar-refractivity contribution < 1.29 is 14.3 Å². The lowest BCUT2D eigenvalue weighted by atomic mass is 10.1. The molecule has 5 nitrogen and oxygen atoms in total. The maximum atomic E-state index is 13.2. The van der Waals surface area contributed by atoms with Crippen LogP contribution in [-0.2, 0) is 0 Å². The van der Waals surface area contributed by atoms with Crippen LogP contribution in [0.15, 0.2) is 48.5 Å². The van der Waals surface area contributed by atoms with Crippen molar-refractivity contribution in [2.45, 2.75) is 26.7 Å². The highest BCUT2D eigenvalue weighted by atomic mass is 16.5. The third-order valence-electron chi connectivity index (χ3n) is 4.41. The Balaban J connectivity index is 2.05. The molecule has 0 spiro atoms. The predicted molar refractivity (Wildman–Crippen MR) is 102 cm³/mol. The normalized spacial score (nSPS) is 10.8. The monoisotopic (exact) mass is 350 g/mol. The summed E-state index contributed by atoms with van der Waals surface area (Å²) in [4.78, 5) is 25.0. The van der Waals surface area contributed by atoms with Gasteiger partial charge in [0.15, 0.2) is 0 Å². The van der Waals surface area contributed by atoms with Crippen LogP contribution in [0.2, 0.25) is 0 Å². The number of para-hydroxylation sites is 1. The molecular formula is C21H22N2O3. The minimum absolute atomic E-state index is 0.216. The van der Waals surface area contributed by atoms with Gasteiger partial charge >= 0.3 is 0 Å². The molecule has 0 unspecified atom stereocenters. The number of rotatable bonds is 6. The van der Waals surface area contributed by atoms with E-state index >= 15 is 0 Å². The number of aromatic nitrogens is 1. The van der Waals surface area contributed by atoms with Crippen LogP contribution in [-0.4, -0.2) is 23.0 Å². The number of hydrogen-bond acceptors (Lipinski definition) is 3. The third kappa shape index (κ3) is 3.20. The molecule has 0 radical (unpaired) electrons. The minimum atomic E-state index is -0.540. The van der Waals surface area contributed by atoms with E-state index in [1.807, 2.05) is 24.3 Å². The number of benzene rings is 2. The molecule has 26 heavy (non-hydrogen) atoms. The van der Waals surface area contributed by atoms with Gasteiger partial charge < -0.3 is 10.5 Å². The van der Waals surface area contributed by atoms with Gasteiger partial charge in [0, 0.05) is 16.6 Å². The lowest BCUT2D eigenvalue weighted by Crippen LogP contribution is -2.16. The molecule has 3 rings (SSSR count). The summed E-state index contributed by atoms with van der Waals surface area (Å²) in [6.07, 6.45) is 2.00. The Kier molecular flexibility index (Phi) is 5.07. The lowest BCUT2D eigenvalue weighted by molar-refractivity contribution is 0.0962. The fraction of sp³-hybridized carbons (Fsp3) is 0.238. The van der Waals surface area contributed by atoms with E-state index in [2.05, 4.69) is 6.92 Å². The molecule has 0 bridgehead atoms. The predicted octanol–water partition coefficient (Wildman–Crippen LogP) is 3.92. The molecule has 134 valence electrons. The summed E-state index contributed by atoms with van der Waals surface area (Å²) in [5, 5.41) is 0.682. The van der Waals surface area contributed by atoms with Gasteiger partial charge in [-0.25, -0.2) is 0 Å². The summed E-state index contributed by atoms with van der Waals surface area (Å²) in [6, 6.07) is 14.4. The van der Waals surface area contributed by atoms with Gasteiger partial charge in [0.05, 0.1) is 17.7 Å². The van der Waals surface area contributed by atoms with E-state index in [-0.39, 0.29) is 5.91 Å². The number of unbranched alkanes of at least 4 members (excludes halogenated alkanes) is 1. The van der Waals surface area contributed by atoms with Crippen LogP contribution in [0.4, 0.5) is 0 Å². The van der Waals surface area contributed by atoms with E-state index in [9.17, 15) is 9.59 Å². The number of nitrogens with zero attached hydrogens (tertiary/aromatic N) is 1. The van der Waals surface area contributed by atoms with Crippen molar-refractivity contribution in [3.8, 4) is 5.75 Å². The molecule has 0 aliphatic carbocycles. The molecule has 1 aromatic heterocycles. The zero-order chi connectivity index (χ0) is 18.7. The number of carbonyl (C=O) groups excluding carboxylic acids is 2. The van der Waals surface area contributed by atoms with Crippen LogP contribution >= 0.6 is 0 Å². The third-order valence-corrected chi connectivity index (χ3v) is 4.41. The van der Waals surface area contributed by atoms with E-state index in [1.54, 1.807) is 35.8 Å². The summed E-state index contributed by atoms with van der Waals surface area (Å²) in [7, 11) is 0. The van der Waals surface area contributed by atoms with E-state index < -0.39 is 5.91 Å². The van der Waals surface area contributed by atoms with Crippen LogP contribution in [0.1, 0.15) is 46.2 Å². The highest BCUT2D eigenvalue weighted by Crippen LogP contribution is 2.27. The van der Waals surface area contributed by atoms with Gasteiger partial charge in [-0.2, -0.15) is 0 Å². The summed E-state index contributed by atoms with van der Waals surface area (Å²) in [5.41, 5.74) is 7.63. The van der Waals surface area contributed by atoms with Gasteiger partial charge in [0.2, 0.25) is 0 Å². The molecule has 3 aromatic rings. The summed E-state index contributed by atoms with van der Waals surface area (Å²) in [5.74, 6) is -0.0948. The molecule has 1 amide bonds. The Morgan fingerprint density at radius 1 is 1.12 bits per heavy atom. The van der Waals surface area contributed by atoms with E-state index in [0.717, 1.165) is 12.8 Å². The van der Waals surface area contributed by atoms with Gasteiger partial charge in [-0.1, -0.05) is 37.6 Å². The minimum Gasteiger partial charge on any atom is -0.494 e. The molecule has 2 N–H and O–H groups in total. The van der Waals surface area contributed by atoms with E-state index in [4.69, 9.17) is 10.5 Å². The maximum absolute atomic E-state index is 13.2. The molecule has 0 saturated heterocycles. The standard InChI is InChI=1S/C21H22N2O3/c1-3-4-12-26-16-9-7-8-15(13-16)21(25)23-14(2)19(20(22)24)17-10-5-6-11-18(17)23/h5-11,13H,3-4,12H2,1-2H3,(H2,22,24). The molecule has 1 heterocycles. The Morgan fingerprint density at radius 3 is 2.62 bits per heavy atom. The van der Waals surface area contributed by atoms with Crippen molar-refractivity contribution in [1.82, 2.24) is 4.57 Å². The number of carbonyl (C=O) groups is 2. The van der Waals surface area contributed by atoms with Crippen LogP contribution in [0.25, 0.3) is 10.9 Å². The highest BCUT2D eigenvalue weighted by Gasteiger charge is 2.22. The van der Waals surface area contributed by atoms with Crippen molar-refractivity contribution in [3.63, 3.8) is 0 Å². The molecule has 5 heteroatoms. The fourth-order valence-corrected chi connectivity index (χ4v) is 3.12. The number of amides is 1. The molecular weight excluding hydrogens is 328 g/mol. The molecule has 0 aliphatic heterocycles. The van der Waals surface area contributed by atoms with E-state index in [1.165, 1.54) is 0 Å². The first-order valence-electron chi connectivity index (χ1n) is 8.72. The van der Waals surface area contributed by atoms with Crippen LogP contribution in [0, 0.1) is 6.92 Å². The highest BCUT2D eigenvalue weighted by molar-refractivity contribution is 6.12. The number of ether oxygens (including phenoxy) is 1. The van der Waals surface area contributed by atoms with Gasteiger partial charge in [0.1, 0.15) is 5.75 Å². The Hall–Kier alpha value is -3.08. The zero-order valence-electron chi connectivity index (χ0n) is 15.0. The molecule has 0 fully saturated rings. The molecule has 0 aliphatic rings. The topological polar surface area (TPSA) is 74.3 Å². The zero-order valence-corrected chi connectivity index (χ0v) is 15.0. The SMILES string of the molecule is CCCCOc1cccc(C(=O)n2c(C)c(C(N)=O)c3ccccc32)c1. The first-order chi connectivity index (χ1) is 12.5. The van der Waals surface area contributed by atoms with Gasteiger partial charge in [-0.15, -0.1) is 0 Å². The van der Waals surface area contributed by atoms with Gasteiger partial charge in [0.25, 0.3) is 11.8 Å². The Bertz CT molecular complexity index is 973. The van der Waals surface area contributed by atoms with Crippen molar-refractivity contribution >= 4 is 22.7 Å². The van der Waals surface area contributed by atoms with Crippen LogP contribution in [0.5, 0.6) is 5.75 Å². The number of primary amides is 1. The van der Waals surface area contributed by atoms with Crippen molar-refractivity contribution in [2.24, 2.45) is 5.73 Å². The average molecular weight is 350 g/mol. The largest absolute Gasteiger partial charge is 0.494 e. The maximum Gasteiger partial charge on any atom is 0.262 e. The average Bonchev–Trinajstić information content (AvgIpc) is 2.93. The van der Waals surface area contributed by atoms with Gasteiger partial charge in [-0.05, 0) is 37.6 Å². The van der Waals surface area contributed by atoms with Crippen LogP contribution < -0.4 is 10.5 Å². The number of fused-ring (bicyclic) bond motifs is 1. The van der Waals surface area contributed by atoms with Crippen molar-refractivity contribution in [1.29, 1.82) is 0 Å². The summed E-state index contributed by atoms with van der Waals surface area (Å²) in [6.45, 7) is 4.45. The summed E-state index contributed by atoms with van der Waals surface area (Å²) < 4.78 is 7.24. The van der Waals surface area contributed by atoms with Crippen molar-refractivity contribution in [3.05, 3.63) is 65.4 Å². The molecule has 0 saturated carbocycles. The first-order valence-corrected chi connectivity index (χ1v) is 8.72. The Morgan fingerprint density at radius 2 is 1.88 bits per heavy atom. The smallest absolute Gasteiger partial charge is 0.262 e. The number of hydrogen-bond donors (Lipinski definition) is 1. The lowest BCUT2D eigenvalue weighted by Gasteiger charge is -2.10. The second kappa shape index (κ2) is 7.44. The summed E-state index contributed by atoms with van der Waals surface area (Å²) >= 11 is 0. The second-order valence-electron chi connectivity index (χ2n) is 6.21. The molecule has 0 atom stereocenters. The Labute approximate surface area is 152 Å². The first kappa shape index (κ1) is 17.7.